The molecule has 5 heteroatoms. The summed E-state index contributed by atoms with van der Waals surface area (Å²) in [6, 6.07) is 6.70. The van der Waals surface area contributed by atoms with Gasteiger partial charge in [0, 0.05) is 12.1 Å². The van der Waals surface area contributed by atoms with Gasteiger partial charge in [0.2, 0.25) is 10.0 Å². The number of nitrogens with zero attached hydrogens (tertiary/aromatic N) is 1. The van der Waals surface area contributed by atoms with Crippen LogP contribution in [-0.2, 0) is 10.0 Å². The molecule has 1 fully saturated rings. The van der Waals surface area contributed by atoms with Crippen molar-refractivity contribution in [2.45, 2.75) is 63.1 Å². The van der Waals surface area contributed by atoms with Gasteiger partial charge in [-0.15, -0.1) is 0 Å². The Morgan fingerprint density at radius 3 is 2.40 bits per heavy atom. The highest BCUT2D eigenvalue weighted by Gasteiger charge is 2.38. The minimum Gasteiger partial charge on any atom is -0.389 e. The molecule has 1 aliphatic rings. The van der Waals surface area contributed by atoms with Gasteiger partial charge < -0.3 is 5.11 Å². The van der Waals surface area contributed by atoms with Gasteiger partial charge in [0.15, 0.2) is 0 Å². The summed E-state index contributed by atoms with van der Waals surface area (Å²) in [6.45, 7) is 5.66. The lowest BCUT2D eigenvalue weighted by molar-refractivity contribution is 0.199. The summed E-state index contributed by atoms with van der Waals surface area (Å²) < 4.78 is 27.2. The highest BCUT2D eigenvalue weighted by Crippen LogP contribution is 2.32. The molecule has 1 saturated heterocycles. The Morgan fingerprint density at radius 1 is 1.30 bits per heavy atom. The number of hydrogen-bond donors (Lipinski definition) is 1. The molecule has 3 atom stereocenters. The molecule has 112 valence electrons. The van der Waals surface area contributed by atoms with Gasteiger partial charge in [-0.25, -0.2) is 8.42 Å². The molecular weight excluding hydrogens is 274 g/mol. The first-order chi connectivity index (χ1) is 9.37. The quantitative estimate of drug-likeness (QED) is 0.929. The molecule has 1 aromatic rings. The molecule has 1 heterocycles. The molecule has 2 rings (SSSR count). The molecule has 0 aromatic heterocycles. The van der Waals surface area contributed by atoms with Crippen LogP contribution >= 0.6 is 0 Å². The first-order valence-corrected chi connectivity index (χ1v) is 8.63. The first kappa shape index (κ1) is 15.5. The Labute approximate surface area is 121 Å². The number of sulfonamides is 1. The van der Waals surface area contributed by atoms with E-state index in [1.807, 2.05) is 13.8 Å². The predicted molar refractivity (Wildman–Crippen MR) is 78.9 cm³/mol. The summed E-state index contributed by atoms with van der Waals surface area (Å²) in [5.74, 6) is 0. The minimum absolute atomic E-state index is 0.0568. The van der Waals surface area contributed by atoms with E-state index in [9.17, 15) is 13.5 Å². The van der Waals surface area contributed by atoms with E-state index in [1.54, 1.807) is 35.5 Å². The van der Waals surface area contributed by atoms with Crippen LogP contribution < -0.4 is 0 Å². The van der Waals surface area contributed by atoms with Crippen molar-refractivity contribution >= 4 is 10.0 Å². The average molecular weight is 297 g/mol. The fourth-order valence-electron chi connectivity index (χ4n) is 2.91. The van der Waals surface area contributed by atoms with Crippen LogP contribution in [0.2, 0.25) is 0 Å². The molecular formula is C15H23NO3S. The van der Waals surface area contributed by atoms with Gasteiger partial charge in [0.25, 0.3) is 0 Å². The van der Waals surface area contributed by atoms with Gasteiger partial charge in [-0.05, 0) is 50.8 Å². The van der Waals surface area contributed by atoms with Crippen LogP contribution in [0.5, 0.6) is 0 Å². The van der Waals surface area contributed by atoms with E-state index < -0.39 is 16.1 Å². The summed E-state index contributed by atoms with van der Waals surface area (Å²) in [5, 5.41) is 9.49. The molecule has 3 unspecified atom stereocenters. The summed E-state index contributed by atoms with van der Waals surface area (Å²) >= 11 is 0. The van der Waals surface area contributed by atoms with Crippen LogP contribution in [0.25, 0.3) is 0 Å². The van der Waals surface area contributed by atoms with Crippen LogP contribution in [0.15, 0.2) is 29.2 Å². The summed E-state index contributed by atoms with van der Waals surface area (Å²) in [4.78, 5) is 0.314. The number of hydrogen-bond acceptors (Lipinski definition) is 3. The molecule has 0 aliphatic carbocycles. The maximum Gasteiger partial charge on any atom is 0.243 e. The van der Waals surface area contributed by atoms with Gasteiger partial charge in [-0.2, -0.15) is 4.31 Å². The Kier molecular flexibility index (Phi) is 4.52. The smallest absolute Gasteiger partial charge is 0.243 e. The molecule has 0 amide bonds. The maximum atomic E-state index is 12.8. The van der Waals surface area contributed by atoms with E-state index in [1.165, 1.54) is 0 Å². The van der Waals surface area contributed by atoms with Gasteiger partial charge >= 0.3 is 0 Å². The van der Waals surface area contributed by atoms with Gasteiger partial charge in [-0.3, -0.25) is 0 Å². The van der Waals surface area contributed by atoms with Crippen LogP contribution in [0.3, 0.4) is 0 Å². The molecule has 1 aliphatic heterocycles. The van der Waals surface area contributed by atoms with Crippen molar-refractivity contribution in [2.24, 2.45) is 0 Å². The second-order valence-corrected chi connectivity index (χ2v) is 7.41. The van der Waals surface area contributed by atoms with E-state index in [-0.39, 0.29) is 12.1 Å². The summed E-state index contributed by atoms with van der Waals surface area (Å²) in [7, 11) is -3.44. The summed E-state index contributed by atoms with van der Waals surface area (Å²) in [6.07, 6.45) is 2.11. The van der Waals surface area contributed by atoms with Crippen molar-refractivity contribution in [1.82, 2.24) is 4.31 Å². The molecule has 0 spiro atoms. The van der Waals surface area contributed by atoms with Gasteiger partial charge in [0.1, 0.15) is 0 Å². The van der Waals surface area contributed by atoms with Crippen molar-refractivity contribution < 1.29 is 13.5 Å². The van der Waals surface area contributed by atoms with Crippen molar-refractivity contribution in [1.29, 1.82) is 0 Å². The topological polar surface area (TPSA) is 57.6 Å². The van der Waals surface area contributed by atoms with E-state index in [0.717, 1.165) is 24.8 Å². The lowest BCUT2D eigenvalue weighted by Crippen LogP contribution is -2.39. The van der Waals surface area contributed by atoms with Crippen LogP contribution in [0, 0.1) is 0 Å². The zero-order chi connectivity index (χ0) is 14.9. The monoisotopic (exact) mass is 297 g/mol. The molecule has 0 saturated carbocycles. The SMILES string of the molecule is CCC1CCC(C)N1S(=O)(=O)c1ccc(C(C)O)cc1. The molecule has 20 heavy (non-hydrogen) atoms. The van der Waals surface area contributed by atoms with Crippen molar-refractivity contribution in [3.05, 3.63) is 29.8 Å². The Balaban J connectivity index is 2.34. The average Bonchev–Trinajstić information content (AvgIpc) is 2.80. The molecule has 1 N–H and O–H groups in total. The third kappa shape index (κ3) is 2.75. The van der Waals surface area contributed by atoms with Gasteiger partial charge in [-0.1, -0.05) is 19.1 Å². The molecule has 0 radical (unpaired) electrons. The maximum absolute atomic E-state index is 12.8. The Morgan fingerprint density at radius 2 is 1.90 bits per heavy atom. The number of aliphatic hydroxyl groups is 1. The normalized spacial score (nSPS) is 25.8. The zero-order valence-corrected chi connectivity index (χ0v) is 13.1. The lowest BCUT2D eigenvalue weighted by Gasteiger charge is -2.27. The minimum atomic E-state index is -3.44. The van der Waals surface area contributed by atoms with Gasteiger partial charge in [0.05, 0.1) is 11.0 Å². The highest BCUT2D eigenvalue weighted by molar-refractivity contribution is 7.89. The van der Waals surface area contributed by atoms with Crippen LogP contribution in [-0.4, -0.2) is 29.9 Å². The van der Waals surface area contributed by atoms with E-state index in [4.69, 9.17) is 0 Å². The zero-order valence-electron chi connectivity index (χ0n) is 12.3. The second-order valence-electron chi connectivity index (χ2n) is 5.57. The van der Waals surface area contributed by atoms with Crippen molar-refractivity contribution in [3.63, 3.8) is 0 Å². The van der Waals surface area contributed by atoms with Crippen molar-refractivity contribution in [2.75, 3.05) is 0 Å². The third-order valence-corrected chi connectivity index (χ3v) is 6.20. The van der Waals surface area contributed by atoms with Crippen molar-refractivity contribution in [3.8, 4) is 0 Å². The molecule has 4 nitrogen and oxygen atoms in total. The van der Waals surface area contributed by atoms with E-state index in [0.29, 0.717) is 4.90 Å². The number of benzene rings is 1. The molecule has 0 bridgehead atoms. The largest absolute Gasteiger partial charge is 0.389 e. The predicted octanol–water partition coefficient (Wildman–Crippen LogP) is 2.69. The first-order valence-electron chi connectivity index (χ1n) is 7.19. The summed E-state index contributed by atoms with van der Waals surface area (Å²) in [5.41, 5.74) is 0.727. The highest BCUT2D eigenvalue weighted by atomic mass is 32.2. The van der Waals surface area contributed by atoms with Crippen LogP contribution in [0.4, 0.5) is 0 Å². The van der Waals surface area contributed by atoms with E-state index in [2.05, 4.69) is 0 Å². The number of rotatable bonds is 4. The second kappa shape index (κ2) is 5.84. The van der Waals surface area contributed by atoms with E-state index >= 15 is 0 Å². The standard InChI is InChI=1S/C15H23NO3S/c1-4-14-8-5-11(2)16(14)20(18,19)15-9-6-13(7-10-15)12(3)17/h6-7,9-12,14,17H,4-5,8H2,1-3H3. The fraction of sp³-hybridized carbons (Fsp3) is 0.600. The van der Waals surface area contributed by atoms with Crippen LogP contribution in [0.1, 0.15) is 51.7 Å². The number of aliphatic hydroxyl groups excluding tert-OH is 1. The molecule has 1 aromatic carbocycles. The third-order valence-electron chi connectivity index (χ3n) is 4.12. The fourth-order valence-corrected chi connectivity index (χ4v) is 4.85. The Bertz CT molecular complexity index is 551. The Hall–Kier alpha value is -0.910. The lowest BCUT2D eigenvalue weighted by atomic mass is 10.1.